The summed E-state index contributed by atoms with van der Waals surface area (Å²) in [4.78, 5) is 10.7. The highest BCUT2D eigenvalue weighted by atomic mass is 32.2. The minimum absolute atomic E-state index is 0.0153. The summed E-state index contributed by atoms with van der Waals surface area (Å²) < 4.78 is 1.98. The Bertz CT molecular complexity index is 623. The third kappa shape index (κ3) is 3.01. The molecule has 0 saturated carbocycles. The molecular weight excluding hydrogens is 274 g/mol. The number of hydrogen-bond acceptors (Lipinski definition) is 4. The van der Waals surface area contributed by atoms with Crippen molar-refractivity contribution in [2.45, 2.75) is 32.0 Å². The normalized spacial score (nSPS) is 11.0. The molecule has 0 unspecified atom stereocenters. The number of aliphatic carboxylic acids is 1. The Morgan fingerprint density at radius 3 is 2.65 bits per heavy atom. The summed E-state index contributed by atoms with van der Waals surface area (Å²) in [7, 11) is 0. The highest BCUT2D eigenvalue weighted by Gasteiger charge is 2.18. The van der Waals surface area contributed by atoms with Crippen molar-refractivity contribution in [1.29, 1.82) is 0 Å². The highest BCUT2D eigenvalue weighted by molar-refractivity contribution is 7.99. The van der Waals surface area contributed by atoms with E-state index in [0.29, 0.717) is 5.16 Å². The van der Waals surface area contributed by atoms with Crippen molar-refractivity contribution < 1.29 is 9.90 Å². The third-order valence-electron chi connectivity index (χ3n) is 2.89. The van der Waals surface area contributed by atoms with Crippen molar-refractivity contribution in [2.24, 2.45) is 0 Å². The van der Waals surface area contributed by atoms with Crippen LogP contribution in [0.4, 0.5) is 0 Å². The van der Waals surface area contributed by atoms with Crippen molar-refractivity contribution in [3.63, 3.8) is 0 Å². The molecule has 0 amide bonds. The van der Waals surface area contributed by atoms with Crippen molar-refractivity contribution in [3.05, 3.63) is 29.8 Å². The number of hydrogen-bond donors (Lipinski definition) is 1. The fourth-order valence-corrected chi connectivity index (χ4v) is 2.76. The highest BCUT2D eigenvalue weighted by Crippen LogP contribution is 2.29. The minimum atomic E-state index is -0.856. The molecule has 2 aromatic rings. The zero-order chi connectivity index (χ0) is 14.7. The molecule has 6 heteroatoms. The summed E-state index contributed by atoms with van der Waals surface area (Å²) in [5.41, 5.74) is 2.15. The molecule has 20 heavy (non-hydrogen) atoms. The minimum Gasteiger partial charge on any atom is -0.481 e. The predicted octanol–water partition coefficient (Wildman–Crippen LogP) is 3.01. The fraction of sp³-hybridized carbons (Fsp3) is 0.357. The van der Waals surface area contributed by atoms with Crippen molar-refractivity contribution in [1.82, 2.24) is 14.8 Å². The van der Waals surface area contributed by atoms with E-state index in [1.165, 1.54) is 11.8 Å². The van der Waals surface area contributed by atoms with Gasteiger partial charge in [-0.2, -0.15) is 0 Å². The lowest BCUT2D eigenvalue weighted by Gasteiger charge is -2.14. The fourth-order valence-electron chi connectivity index (χ4n) is 1.97. The van der Waals surface area contributed by atoms with Crippen LogP contribution in [-0.2, 0) is 4.79 Å². The molecule has 2 rings (SSSR count). The van der Waals surface area contributed by atoms with Crippen LogP contribution in [0.5, 0.6) is 0 Å². The number of thioether (sulfide) groups is 1. The van der Waals surface area contributed by atoms with E-state index in [1.807, 2.05) is 49.6 Å². The molecule has 0 saturated heterocycles. The Balaban J connectivity index is 2.44. The quantitative estimate of drug-likeness (QED) is 0.858. The Hall–Kier alpha value is -1.82. The van der Waals surface area contributed by atoms with E-state index in [0.717, 1.165) is 17.0 Å². The summed E-state index contributed by atoms with van der Waals surface area (Å²) >= 11 is 1.19. The molecule has 1 N–H and O–H groups in total. The second-order valence-corrected chi connectivity index (χ2v) is 5.71. The molecule has 0 aliphatic rings. The van der Waals surface area contributed by atoms with E-state index in [9.17, 15) is 4.79 Å². The van der Waals surface area contributed by atoms with E-state index in [4.69, 9.17) is 5.11 Å². The van der Waals surface area contributed by atoms with Crippen LogP contribution >= 0.6 is 11.8 Å². The van der Waals surface area contributed by atoms with Gasteiger partial charge in [-0.15, -0.1) is 10.2 Å². The number of carbonyl (C=O) groups is 1. The van der Waals surface area contributed by atoms with E-state index in [-0.39, 0.29) is 11.8 Å². The Labute approximate surface area is 122 Å². The van der Waals surface area contributed by atoms with Gasteiger partial charge in [0.05, 0.1) is 5.75 Å². The van der Waals surface area contributed by atoms with E-state index in [2.05, 4.69) is 10.2 Å². The molecule has 0 bridgehead atoms. The second kappa shape index (κ2) is 6.09. The van der Waals surface area contributed by atoms with Gasteiger partial charge in [-0.3, -0.25) is 9.36 Å². The standard InChI is InChI=1S/C14H17N3O2S/c1-9(2)17-13(11-7-5-4-6-10(11)3)15-16-14(17)20-8-12(18)19/h4-7,9H,8H2,1-3H3,(H,18,19). The first-order chi connectivity index (χ1) is 9.50. The molecular formula is C14H17N3O2S. The van der Waals surface area contributed by atoms with Crippen LogP contribution in [0.1, 0.15) is 25.5 Å². The number of aryl methyl sites for hydroxylation is 1. The maximum atomic E-state index is 10.7. The van der Waals surface area contributed by atoms with E-state index < -0.39 is 5.97 Å². The molecule has 1 aromatic heterocycles. The molecule has 0 aliphatic carbocycles. The first-order valence-electron chi connectivity index (χ1n) is 6.36. The van der Waals surface area contributed by atoms with Gasteiger partial charge in [0.1, 0.15) is 0 Å². The van der Waals surface area contributed by atoms with Gasteiger partial charge in [0, 0.05) is 11.6 Å². The summed E-state index contributed by atoms with van der Waals surface area (Å²) in [5.74, 6) is -0.0877. The number of carboxylic acid groups (broad SMARTS) is 1. The molecule has 0 aliphatic heterocycles. The lowest BCUT2D eigenvalue weighted by atomic mass is 10.1. The van der Waals surface area contributed by atoms with Gasteiger partial charge in [0.2, 0.25) is 0 Å². The molecule has 0 atom stereocenters. The van der Waals surface area contributed by atoms with E-state index >= 15 is 0 Å². The number of benzene rings is 1. The van der Waals surface area contributed by atoms with Crippen LogP contribution in [0.2, 0.25) is 0 Å². The van der Waals surface area contributed by atoms with Crippen LogP contribution in [0.3, 0.4) is 0 Å². The maximum Gasteiger partial charge on any atom is 0.313 e. The van der Waals surface area contributed by atoms with Gasteiger partial charge in [-0.1, -0.05) is 36.0 Å². The summed E-state index contributed by atoms with van der Waals surface area (Å²) in [6, 6.07) is 8.14. The Kier molecular flexibility index (Phi) is 4.44. The third-order valence-corrected chi connectivity index (χ3v) is 3.82. The van der Waals surface area contributed by atoms with E-state index in [1.54, 1.807) is 0 Å². The molecule has 106 valence electrons. The van der Waals surface area contributed by atoms with Crippen LogP contribution in [0, 0.1) is 6.92 Å². The lowest BCUT2D eigenvalue weighted by Crippen LogP contribution is -2.07. The second-order valence-electron chi connectivity index (χ2n) is 4.77. The smallest absolute Gasteiger partial charge is 0.313 e. The van der Waals surface area contributed by atoms with Gasteiger partial charge in [-0.25, -0.2) is 0 Å². The average Bonchev–Trinajstić information content (AvgIpc) is 2.80. The Morgan fingerprint density at radius 2 is 2.05 bits per heavy atom. The molecule has 1 aromatic carbocycles. The number of aromatic nitrogens is 3. The van der Waals surface area contributed by atoms with Crippen LogP contribution in [-0.4, -0.2) is 31.6 Å². The molecule has 0 fully saturated rings. The van der Waals surface area contributed by atoms with Crippen molar-refractivity contribution in [3.8, 4) is 11.4 Å². The van der Waals surface area contributed by atoms with Crippen LogP contribution < -0.4 is 0 Å². The summed E-state index contributed by atoms with van der Waals surface area (Å²) in [5, 5.41) is 17.8. The van der Waals surface area contributed by atoms with Gasteiger partial charge in [0.25, 0.3) is 0 Å². The predicted molar refractivity (Wildman–Crippen MR) is 78.9 cm³/mol. The first kappa shape index (κ1) is 14.6. The molecule has 1 heterocycles. The largest absolute Gasteiger partial charge is 0.481 e. The zero-order valence-electron chi connectivity index (χ0n) is 11.7. The van der Waals surface area contributed by atoms with Crippen molar-refractivity contribution >= 4 is 17.7 Å². The maximum absolute atomic E-state index is 10.7. The summed E-state index contributed by atoms with van der Waals surface area (Å²) in [6.07, 6.45) is 0. The molecule has 0 spiro atoms. The average molecular weight is 291 g/mol. The molecule has 5 nitrogen and oxygen atoms in total. The summed E-state index contributed by atoms with van der Waals surface area (Å²) in [6.45, 7) is 6.10. The van der Waals surface area contributed by atoms with Gasteiger partial charge in [-0.05, 0) is 26.3 Å². The molecule has 0 radical (unpaired) electrons. The van der Waals surface area contributed by atoms with Crippen LogP contribution in [0.15, 0.2) is 29.4 Å². The lowest BCUT2D eigenvalue weighted by molar-refractivity contribution is -0.133. The first-order valence-corrected chi connectivity index (χ1v) is 7.34. The monoisotopic (exact) mass is 291 g/mol. The van der Waals surface area contributed by atoms with Gasteiger partial charge >= 0.3 is 5.97 Å². The van der Waals surface area contributed by atoms with Gasteiger partial charge < -0.3 is 5.11 Å². The SMILES string of the molecule is Cc1ccccc1-c1nnc(SCC(=O)O)n1C(C)C. The van der Waals surface area contributed by atoms with Crippen molar-refractivity contribution in [2.75, 3.05) is 5.75 Å². The zero-order valence-corrected chi connectivity index (χ0v) is 12.5. The van der Waals surface area contributed by atoms with Crippen LogP contribution in [0.25, 0.3) is 11.4 Å². The van der Waals surface area contributed by atoms with Gasteiger partial charge in [0.15, 0.2) is 11.0 Å². The number of carboxylic acids is 1. The number of nitrogens with zero attached hydrogens (tertiary/aromatic N) is 3. The Morgan fingerprint density at radius 1 is 1.35 bits per heavy atom. The number of rotatable bonds is 5. The topological polar surface area (TPSA) is 68.0 Å².